The van der Waals surface area contributed by atoms with Gasteiger partial charge in [0.2, 0.25) is 5.91 Å². The second kappa shape index (κ2) is 9.79. The molecular formula is C21H25N6O9P. The number of hydrogen-bond donors (Lipinski definition) is 5. The number of carbonyl (C=O) groups excluding carboxylic acids is 1. The van der Waals surface area contributed by atoms with E-state index in [0.29, 0.717) is 5.56 Å². The summed E-state index contributed by atoms with van der Waals surface area (Å²) in [7, 11) is -3.61. The fourth-order valence-corrected chi connectivity index (χ4v) is 5.18. The molecule has 4 heterocycles. The zero-order valence-electron chi connectivity index (χ0n) is 19.7. The van der Waals surface area contributed by atoms with Gasteiger partial charge >= 0.3 is 7.82 Å². The SMILES string of the molecule is CON[C@@H](C)C(=O)Nc1ncnc2c1ncn2[C@@H]1O[C@]2(C(OP(=O)(O)O)c3ccccc3)CO[C@@H]1[C@H]2O. The van der Waals surface area contributed by atoms with E-state index in [1.54, 1.807) is 37.3 Å². The Balaban J connectivity index is 1.48. The first kappa shape index (κ1) is 25.8. The molecule has 6 atom stereocenters. The van der Waals surface area contributed by atoms with Gasteiger partial charge in [-0.1, -0.05) is 30.3 Å². The van der Waals surface area contributed by atoms with Crippen LogP contribution in [0.3, 0.4) is 0 Å². The molecule has 2 aliphatic rings. The number of nitrogens with zero attached hydrogens (tertiary/aromatic N) is 4. The molecule has 5 N–H and O–H groups in total. The average Bonchev–Trinajstić information content (AvgIpc) is 3.53. The topological polar surface area (TPSA) is 199 Å². The van der Waals surface area contributed by atoms with Gasteiger partial charge < -0.3 is 34.5 Å². The van der Waals surface area contributed by atoms with Crippen molar-refractivity contribution in [2.45, 2.75) is 43.1 Å². The third-order valence-corrected chi connectivity index (χ3v) is 6.77. The molecule has 0 spiro atoms. The number of benzene rings is 1. The first-order valence-corrected chi connectivity index (χ1v) is 12.7. The van der Waals surface area contributed by atoms with Gasteiger partial charge in [0, 0.05) is 0 Å². The summed E-state index contributed by atoms with van der Waals surface area (Å²) in [5, 5.41) is 13.9. The summed E-state index contributed by atoms with van der Waals surface area (Å²) in [5.74, 6) is -0.282. The number of phosphoric ester groups is 1. The third kappa shape index (κ3) is 4.65. The van der Waals surface area contributed by atoms with Gasteiger partial charge in [0.15, 0.2) is 28.8 Å². The molecule has 198 valence electrons. The highest BCUT2D eigenvalue weighted by Crippen LogP contribution is 2.56. The molecule has 0 aliphatic carbocycles. The van der Waals surface area contributed by atoms with E-state index >= 15 is 0 Å². The number of imidazole rings is 1. The molecular weight excluding hydrogens is 511 g/mol. The molecule has 1 amide bonds. The molecule has 0 radical (unpaired) electrons. The number of fused-ring (bicyclic) bond motifs is 3. The fraction of sp³-hybridized carbons (Fsp3) is 0.429. The Bertz CT molecular complexity index is 1340. The van der Waals surface area contributed by atoms with Crippen molar-refractivity contribution in [2.24, 2.45) is 0 Å². The number of aliphatic hydroxyl groups excluding tert-OH is 1. The van der Waals surface area contributed by atoms with Gasteiger partial charge in [-0.05, 0) is 12.5 Å². The van der Waals surface area contributed by atoms with Gasteiger partial charge in [-0.15, -0.1) is 0 Å². The Kier molecular flexibility index (Phi) is 6.83. The highest BCUT2D eigenvalue weighted by molar-refractivity contribution is 7.46. The molecule has 1 aromatic carbocycles. The Morgan fingerprint density at radius 3 is 2.73 bits per heavy atom. The van der Waals surface area contributed by atoms with E-state index in [1.807, 2.05) is 0 Å². The van der Waals surface area contributed by atoms with Crippen LogP contribution in [-0.4, -0.2) is 77.9 Å². The van der Waals surface area contributed by atoms with Gasteiger partial charge in [0.25, 0.3) is 0 Å². The van der Waals surface area contributed by atoms with Crippen LogP contribution in [0.5, 0.6) is 0 Å². The van der Waals surface area contributed by atoms with Crippen molar-refractivity contribution in [1.29, 1.82) is 0 Å². The van der Waals surface area contributed by atoms with Gasteiger partial charge in [-0.25, -0.2) is 19.5 Å². The van der Waals surface area contributed by atoms with Crippen LogP contribution < -0.4 is 10.8 Å². The van der Waals surface area contributed by atoms with Crippen LogP contribution in [0.1, 0.15) is 24.8 Å². The number of phosphoric acid groups is 1. The molecule has 2 aliphatic heterocycles. The summed E-state index contributed by atoms with van der Waals surface area (Å²) < 4.78 is 30.6. The first-order chi connectivity index (χ1) is 17.6. The number of ether oxygens (including phenoxy) is 2. The lowest BCUT2D eigenvalue weighted by Crippen LogP contribution is -2.47. The van der Waals surface area contributed by atoms with Crippen LogP contribution >= 0.6 is 7.82 Å². The lowest BCUT2D eigenvalue weighted by atomic mass is 9.88. The highest BCUT2D eigenvalue weighted by Gasteiger charge is 2.66. The quantitative estimate of drug-likeness (QED) is 0.183. The van der Waals surface area contributed by atoms with Crippen molar-refractivity contribution in [3.63, 3.8) is 0 Å². The van der Waals surface area contributed by atoms with E-state index in [-0.39, 0.29) is 23.6 Å². The zero-order valence-corrected chi connectivity index (χ0v) is 20.6. The minimum atomic E-state index is -5.00. The number of rotatable bonds is 9. The molecule has 16 heteroatoms. The molecule has 0 saturated carbocycles. The van der Waals surface area contributed by atoms with Crippen molar-refractivity contribution < 1.29 is 43.1 Å². The molecule has 2 fully saturated rings. The number of carbonyl (C=O) groups is 1. The minimum absolute atomic E-state index is 0.143. The summed E-state index contributed by atoms with van der Waals surface area (Å²) in [4.78, 5) is 49.1. The van der Waals surface area contributed by atoms with E-state index in [0.717, 1.165) is 0 Å². The largest absolute Gasteiger partial charge is 0.470 e. The van der Waals surface area contributed by atoms with E-state index in [2.05, 4.69) is 25.7 Å². The molecule has 2 aromatic heterocycles. The highest BCUT2D eigenvalue weighted by atomic mass is 31.2. The number of hydroxylamine groups is 1. The number of anilines is 1. The number of amides is 1. The molecule has 15 nitrogen and oxygen atoms in total. The molecule has 37 heavy (non-hydrogen) atoms. The van der Waals surface area contributed by atoms with Crippen LogP contribution in [0.2, 0.25) is 0 Å². The summed E-state index contributed by atoms with van der Waals surface area (Å²) >= 11 is 0. The Morgan fingerprint density at radius 2 is 2.03 bits per heavy atom. The standard InChI is InChI=1S/C21H25N6O9P/c1-11(26-33-2)19(29)25-17-13-18(23-9-22-17)27(10-24-13)20-14-15(28)21(35-20,8-34-14)16(36-37(30,31)32)12-6-4-3-5-7-12/h3-7,9-11,14-16,20,26,28H,8H2,1-2H3,(H2,30,31,32)(H,22,23,25,29)/t11-,14+,15+,16?,20+,21+/m0/s1. The lowest BCUT2D eigenvalue weighted by molar-refractivity contribution is -0.207. The summed E-state index contributed by atoms with van der Waals surface area (Å²) in [6, 6.07) is 7.62. The van der Waals surface area contributed by atoms with Crippen LogP contribution in [0, 0.1) is 0 Å². The molecule has 2 bridgehead atoms. The number of nitrogens with one attached hydrogen (secondary N) is 2. The maximum absolute atomic E-state index is 12.4. The summed E-state index contributed by atoms with van der Waals surface area (Å²) in [5.41, 5.74) is 1.79. The predicted molar refractivity (Wildman–Crippen MR) is 124 cm³/mol. The summed E-state index contributed by atoms with van der Waals surface area (Å²) in [6.07, 6.45) is -1.95. The molecule has 3 aromatic rings. The maximum Gasteiger partial charge on any atom is 0.470 e. The van der Waals surface area contributed by atoms with Crippen LogP contribution in [0.15, 0.2) is 43.0 Å². The average molecular weight is 536 g/mol. The van der Waals surface area contributed by atoms with Crippen LogP contribution in [-0.2, 0) is 28.2 Å². The van der Waals surface area contributed by atoms with Crippen molar-refractivity contribution in [1.82, 2.24) is 25.0 Å². The van der Waals surface area contributed by atoms with E-state index in [9.17, 15) is 24.3 Å². The Morgan fingerprint density at radius 1 is 1.27 bits per heavy atom. The van der Waals surface area contributed by atoms with Crippen molar-refractivity contribution in [3.05, 3.63) is 48.5 Å². The van der Waals surface area contributed by atoms with E-state index in [4.69, 9.17) is 18.8 Å². The van der Waals surface area contributed by atoms with Crippen molar-refractivity contribution in [2.75, 3.05) is 19.0 Å². The Hall–Kier alpha value is -2.85. The monoisotopic (exact) mass is 536 g/mol. The van der Waals surface area contributed by atoms with Gasteiger partial charge in [-0.3, -0.25) is 13.9 Å². The lowest BCUT2D eigenvalue weighted by Gasteiger charge is -2.37. The summed E-state index contributed by atoms with van der Waals surface area (Å²) in [6.45, 7) is 1.42. The molecule has 5 rings (SSSR count). The Labute approximate surface area is 209 Å². The smallest absolute Gasteiger partial charge is 0.387 e. The van der Waals surface area contributed by atoms with Crippen molar-refractivity contribution in [3.8, 4) is 0 Å². The zero-order chi connectivity index (χ0) is 26.4. The van der Waals surface area contributed by atoms with E-state index < -0.39 is 49.9 Å². The minimum Gasteiger partial charge on any atom is -0.387 e. The van der Waals surface area contributed by atoms with Crippen molar-refractivity contribution >= 4 is 30.7 Å². The normalized spacial score (nSPS) is 26.9. The first-order valence-electron chi connectivity index (χ1n) is 11.2. The third-order valence-electron chi connectivity index (χ3n) is 6.29. The molecule has 1 unspecified atom stereocenters. The van der Waals surface area contributed by atoms with Gasteiger partial charge in [0.05, 0.1) is 20.0 Å². The maximum atomic E-state index is 12.4. The molecule has 2 saturated heterocycles. The second-order valence-corrected chi connectivity index (χ2v) is 9.84. The van der Waals surface area contributed by atoms with Gasteiger partial charge in [0.1, 0.15) is 30.7 Å². The van der Waals surface area contributed by atoms with E-state index in [1.165, 1.54) is 24.3 Å². The second-order valence-electron chi connectivity index (χ2n) is 8.65. The predicted octanol–water partition coefficient (Wildman–Crippen LogP) is 0.182. The van der Waals surface area contributed by atoms with Crippen LogP contribution in [0.4, 0.5) is 5.82 Å². The number of hydrogen-bond acceptors (Lipinski definition) is 11. The van der Waals surface area contributed by atoms with Gasteiger partial charge in [-0.2, -0.15) is 5.48 Å². The van der Waals surface area contributed by atoms with Crippen LogP contribution in [0.25, 0.3) is 11.2 Å². The number of aliphatic hydroxyl groups is 1. The fourth-order valence-electron chi connectivity index (χ4n) is 4.60. The number of aromatic nitrogens is 4.